The molecule has 2 unspecified atom stereocenters. The van der Waals surface area contributed by atoms with Gasteiger partial charge in [-0.1, -0.05) is 357 Å². The van der Waals surface area contributed by atoms with Crippen LogP contribution in [0.25, 0.3) is 0 Å². The van der Waals surface area contributed by atoms with Crippen LogP contribution in [-0.2, 0) is 65.4 Å². The monoisotopic (exact) mass is 1440 g/mol. The summed E-state index contributed by atoms with van der Waals surface area (Å²) in [5.41, 5.74) is 0. The highest BCUT2D eigenvalue weighted by atomic mass is 31.2. The largest absolute Gasteiger partial charge is 0.472 e. The minimum Gasteiger partial charge on any atom is -0.462 e. The predicted molar refractivity (Wildman–Crippen MR) is 400 cm³/mol. The molecule has 0 heterocycles. The molecule has 0 aliphatic heterocycles. The number of rotatable bonds is 77. The van der Waals surface area contributed by atoms with Crippen molar-refractivity contribution in [2.75, 3.05) is 39.6 Å². The van der Waals surface area contributed by atoms with Crippen molar-refractivity contribution >= 4 is 39.5 Å². The molecule has 3 N–H and O–H groups in total. The molecule has 0 aromatic carbocycles. The summed E-state index contributed by atoms with van der Waals surface area (Å²) in [6.07, 6.45) is 56.8. The van der Waals surface area contributed by atoms with Crippen molar-refractivity contribution in [3.05, 3.63) is 0 Å². The SMILES string of the molecule is CCCCCCCCCCCCCCCCC(=O)OC[C@H](COP(=O)(O)OC[C@@H](O)COP(=O)(O)OC[C@@H](COC(=O)CCCCCCCCCCCCC(C)C)OC(=O)CCCCCCCCCCCCC(C)C)OC(=O)CCCCCCCCCCCCCCCCCC(C)C. The molecular weight excluding hydrogens is 1280 g/mol. The lowest BCUT2D eigenvalue weighted by atomic mass is 10.0. The van der Waals surface area contributed by atoms with E-state index >= 15 is 0 Å². The standard InChI is InChI=1S/C79H154O17P2/c1-8-9-10-11-12-13-14-15-20-23-32-39-46-53-60-76(81)89-66-74(95-78(83)62-55-48-41-34-24-21-18-16-17-19-22-29-36-43-50-57-70(2)3)68-93-97(85,86)91-64-73(80)65-92-98(87,88)94-69-75(96-79(84)63-56-49-42-35-28-26-31-38-45-52-59-72(6)7)67-90-77(82)61-54-47-40-33-27-25-30-37-44-51-58-71(4)5/h70-75,80H,8-69H2,1-7H3,(H,85,86)(H,87,88)/t73-,74-,75-/m1/s1. The van der Waals surface area contributed by atoms with E-state index in [0.29, 0.717) is 25.7 Å². The summed E-state index contributed by atoms with van der Waals surface area (Å²) in [6, 6.07) is 0. The Morgan fingerprint density at radius 3 is 0.694 bits per heavy atom. The second-order valence-corrected chi connectivity index (χ2v) is 32.8. The first-order valence-corrected chi connectivity index (χ1v) is 43.8. The highest BCUT2D eigenvalue weighted by Crippen LogP contribution is 2.45. The quantitative estimate of drug-likeness (QED) is 0.0222. The van der Waals surface area contributed by atoms with E-state index in [1.54, 1.807) is 0 Å². The van der Waals surface area contributed by atoms with Gasteiger partial charge in [-0.3, -0.25) is 37.3 Å². The van der Waals surface area contributed by atoms with Gasteiger partial charge in [-0.2, -0.15) is 0 Å². The van der Waals surface area contributed by atoms with Crippen LogP contribution in [-0.4, -0.2) is 96.7 Å². The van der Waals surface area contributed by atoms with Crippen LogP contribution >= 0.6 is 15.6 Å². The highest BCUT2D eigenvalue weighted by molar-refractivity contribution is 7.47. The number of hydrogen-bond donors (Lipinski definition) is 3. The lowest BCUT2D eigenvalue weighted by molar-refractivity contribution is -0.161. The van der Waals surface area contributed by atoms with Gasteiger partial charge in [-0.25, -0.2) is 9.13 Å². The molecule has 582 valence electrons. The summed E-state index contributed by atoms with van der Waals surface area (Å²) >= 11 is 0. The number of unbranched alkanes of at least 4 members (excludes halogenated alkanes) is 45. The summed E-state index contributed by atoms with van der Waals surface area (Å²) < 4.78 is 68.7. The fraction of sp³-hybridized carbons (Fsp3) is 0.949. The maximum atomic E-state index is 13.1. The van der Waals surface area contributed by atoms with E-state index in [4.69, 9.17) is 37.0 Å². The van der Waals surface area contributed by atoms with Crippen LogP contribution < -0.4 is 0 Å². The van der Waals surface area contributed by atoms with Crippen molar-refractivity contribution in [3.8, 4) is 0 Å². The van der Waals surface area contributed by atoms with Gasteiger partial charge >= 0.3 is 39.5 Å². The Hall–Kier alpha value is -1.94. The summed E-state index contributed by atoms with van der Waals surface area (Å²) in [5.74, 6) is 0.201. The molecule has 0 saturated carbocycles. The molecule has 0 spiro atoms. The number of phosphoric ester groups is 2. The van der Waals surface area contributed by atoms with Crippen molar-refractivity contribution in [2.24, 2.45) is 17.8 Å². The summed E-state index contributed by atoms with van der Waals surface area (Å²) in [5, 5.41) is 10.6. The first kappa shape index (κ1) is 96.1. The van der Waals surface area contributed by atoms with Crippen LogP contribution in [0.1, 0.15) is 408 Å². The third-order valence-electron chi connectivity index (χ3n) is 18.4. The Morgan fingerprint density at radius 2 is 0.469 bits per heavy atom. The van der Waals surface area contributed by atoms with Crippen molar-refractivity contribution in [2.45, 2.75) is 426 Å². The predicted octanol–water partition coefficient (Wildman–Crippen LogP) is 23.4. The van der Waals surface area contributed by atoms with Gasteiger partial charge in [0, 0.05) is 25.7 Å². The molecule has 0 amide bonds. The normalized spacial score (nSPS) is 14.0. The van der Waals surface area contributed by atoms with Crippen LogP contribution in [0, 0.1) is 17.8 Å². The molecule has 0 aromatic heterocycles. The lowest BCUT2D eigenvalue weighted by Gasteiger charge is -2.21. The molecule has 5 atom stereocenters. The number of aliphatic hydroxyl groups excluding tert-OH is 1. The number of ether oxygens (including phenoxy) is 4. The van der Waals surface area contributed by atoms with Gasteiger partial charge in [-0.15, -0.1) is 0 Å². The Bertz CT molecular complexity index is 1900. The minimum absolute atomic E-state index is 0.106. The number of carbonyl (C=O) groups is 4. The number of esters is 4. The maximum absolute atomic E-state index is 13.1. The fourth-order valence-electron chi connectivity index (χ4n) is 12.1. The Balaban J connectivity index is 5.26. The van der Waals surface area contributed by atoms with Crippen LogP contribution in [0.2, 0.25) is 0 Å². The molecule has 0 saturated heterocycles. The summed E-state index contributed by atoms with van der Waals surface area (Å²) in [7, 11) is -9.92. The Morgan fingerprint density at radius 1 is 0.276 bits per heavy atom. The van der Waals surface area contributed by atoms with Crippen molar-refractivity contribution in [3.63, 3.8) is 0 Å². The number of carbonyl (C=O) groups excluding carboxylic acids is 4. The second kappa shape index (κ2) is 69.4. The van der Waals surface area contributed by atoms with Gasteiger partial charge in [-0.05, 0) is 43.4 Å². The summed E-state index contributed by atoms with van der Waals surface area (Å²) in [4.78, 5) is 73.0. The summed E-state index contributed by atoms with van der Waals surface area (Å²) in [6.45, 7) is 11.9. The van der Waals surface area contributed by atoms with E-state index in [1.165, 1.54) is 218 Å². The molecule has 19 heteroatoms. The number of aliphatic hydroxyl groups is 1. The molecule has 0 fully saturated rings. The first-order valence-electron chi connectivity index (χ1n) is 40.8. The van der Waals surface area contributed by atoms with Gasteiger partial charge in [0.05, 0.1) is 26.4 Å². The molecule has 0 bridgehead atoms. The van der Waals surface area contributed by atoms with Crippen molar-refractivity contribution < 1.29 is 80.2 Å². The number of hydrogen-bond acceptors (Lipinski definition) is 15. The van der Waals surface area contributed by atoms with E-state index in [-0.39, 0.29) is 25.7 Å². The Labute approximate surface area is 600 Å². The average molecular weight is 1440 g/mol. The molecule has 0 radical (unpaired) electrons. The number of phosphoric acid groups is 2. The average Bonchev–Trinajstić information content (AvgIpc) is 1.14. The van der Waals surface area contributed by atoms with Crippen molar-refractivity contribution in [1.82, 2.24) is 0 Å². The minimum atomic E-state index is -4.96. The van der Waals surface area contributed by atoms with Gasteiger partial charge in [0.2, 0.25) is 0 Å². The van der Waals surface area contributed by atoms with E-state index in [0.717, 1.165) is 108 Å². The van der Waals surface area contributed by atoms with Crippen LogP contribution in [0.4, 0.5) is 0 Å². The molecular formula is C79H154O17P2. The lowest BCUT2D eigenvalue weighted by Crippen LogP contribution is -2.30. The first-order chi connectivity index (χ1) is 47.2. The fourth-order valence-corrected chi connectivity index (χ4v) is 13.7. The van der Waals surface area contributed by atoms with E-state index in [2.05, 4.69) is 48.5 Å². The van der Waals surface area contributed by atoms with Crippen LogP contribution in [0.5, 0.6) is 0 Å². The molecule has 0 rings (SSSR count). The van der Waals surface area contributed by atoms with Crippen molar-refractivity contribution in [1.29, 1.82) is 0 Å². The molecule has 98 heavy (non-hydrogen) atoms. The smallest absolute Gasteiger partial charge is 0.462 e. The third-order valence-corrected chi connectivity index (χ3v) is 20.3. The zero-order chi connectivity index (χ0) is 72.3. The molecule has 17 nitrogen and oxygen atoms in total. The second-order valence-electron chi connectivity index (χ2n) is 29.9. The zero-order valence-electron chi connectivity index (χ0n) is 64.3. The molecule has 0 aromatic rings. The highest BCUT2D eigenvalue weighted by Gasteiger charge is 2.30. The van der Waals surface area contributed by atoms with Gasteiger partial charge < -0.3 is 33.8 Å². The van der Waals surface area contributed by atoms with E-state index < -0.39 is 97.5 Å². The maximum Gasteiger partial charge on any atom is 0.472 e. The van der Waals surface area contributed by atoms with E-state index in [1.807, 2.05) is 0 Å². The molecule has 0 aliphatic carbocycles. The van der Waals surface area contributed by atoms with Crippen LogP contribution in [0.3, 0.4) is 0 Å². The zero-order valence-corrected chi connectivity index (χ0v) is 66.0. The van der Waals surface area contributed by atoms with Gasteiger partial charge in [0.25, 0.3) is 0 Å². The topological polar surface area (TPSA) is 237 Å². The Kier molecular flexibility index (Phi) is 68.1. The third kappa shape index (κ3) is 72.4. The van der Waals surface area contributed by atoms with Gasteiger partial charge in [0.1, 0.15) is 19.3 Å². The molecule has 0 aliphatic rings. The van der Waals surface area contributed by atoms with E-state index in [9.17, 15) is 43.2 Å². The van der Waals surface area contributed by atoms with Crippen LogP contribution in [0.15, 0.2) is 0 Å². The van der Waals surface area contributed by atoms with Gasteiger partial charge in [0.15, 0.2) is 12.2 Å².